The van der Waals surface area contributed by atoms with Gasteiger partial charge in [-0.05, 0) is 26.0 Å². The molecule has 0 spiro atoms. The van der Waals surface area contributed by atoms with Gasteiger partial charge in [0, 0.05) is 44.6 Å². The quantitative estimate of drug-likeness (QED) is 0.918. The SMILES string of the molecule is CCNc1ccc(C)cc1C(=O)N(C)Cc1cnn(C)c1. The molecule has 21 heavy (non-hydrogen) atoms. The Labute approximate surface area is 125 Å². The topological polar surface area (TPSA) is 50.2 Å². The van der Waals surface area contributed by atoms with Crippen molar-refractivity contribution in [2.75, 3.05) is 18.9 Å². The zero-order chi connectivity index (χ0) is 15.4. The molecule has 1 N–H and O–H groups in total. The van der Waals surface area contributed by atoms with Gasteiger partial charge in [-0.25, -0.2) is 0 Å². The van der Waals surface area contributed by atoms with E-state index in [2.05, 4.69) is 10.4 Å². The Morgan fingerprint density at radius 3 is 2.81 bits per heavy atom. The van der Waals surface area contributed by atoms with Crippen molar-refractivity contribution in [1.82, 2.24) is 14.7 Å². The van der Waals surface area contributed by atoms with Crippen molar-refractivity contribution < 1.29 is 4.79 Å². The van der Waals surface area contributed by atoms with E-state index in [1.165, 1.54) is 0 Å². The van der Waals surface area contributed by atoms with E-state index in [0.29, 0.717) is 12.1 Å². The van der Waals surface area contributed by atoms with E-state index < -0.39 is 0 Å². The summed E-state index contributed by atoms with van der Waals surface area (Å²) in [5.74, 6) is 0.0125. The number of aryl methyl sites for hydroxylation is 2. The average Bonchev–Trinajstić information content (AvgIpc) is 2.85. The minimum Gasteiger partial charge on any atom is -0.385 e. The molecule has 1 amide bonds. The van der Waals surface area contributed by atoms with Crippen LogP contribution in [-0.4, -0.2) is 34.2 Å². The van der Waals surface area contributed by atoms with Crippen molar-refractivity contribution in [1.29, 1.82) is 0 Å². The Bertz CT molecular complexity index is 633. The van der Waals surface area contributed by atoms with E-state index in [4.69, 9.17) is 0 Å². The molecule has 112 valence electrons. The predicted molar refractivity (Wildman–Crippen MR) is 84.3 cm³/mol. The Morgan fingerprint density at radius 1 is 1.43 bits per heavy atom. The summed E-state index contributed by atoms with van der Waals surface area (Å²) in [6, 6.07) is 5.90. The highest BCUT2D eigenvalue weighted by molar-refractivity contribution is 5.99. The monoisotopic (exact) mass is 286 g/mol. The second kappa shape index (κ2) is 6.43. The number of hydrogen-bond acceptors (Lipinski definition) is 3. The Morgan fingerprint density at radius 2 is 2.19 bits per heavy atom. The van der Waals surface area contributed by atoms with Crippen LogP contribution in [0, 0.1) is 6.92 Å². The summed E-state index contributed by atoms with van der Waals surface area (Å²) in [5, 5.41) is 7.37. The van der Waals surface area contributed by atoms with Crippen LogP contribution in [0.2, 0.25) is 0 Å². The average molecular weight is 286 g/mol. The van der Waals surface area contributed by atoms with Gasteiger partial charge >= 0.3 is 0 Å². The third-order valence-corrected chi connectivity index (χ3v) is 3.30. The fraction of sp³-hybridized carbons (Fsp3) is 0.375. The lowest BCUT2D eigenvalue weighted by molar-refractivity contribution is 0.0786. The first-order valence-corrected chi connectivity index (χ1v) is 7.08. The highest BCUT2D eigenvalue weighted by atomic mass is 16.2. The fourth-order valence-corrected chi connectivity index (χ4v) is 2.28. The van der Waals surface area contributed by atoms with Crippen LogP contribution in [0.1, 0.15) is 28.4 Å². The summed E-state index contributed by atoms with van der Waals surface area (Å²) in [6.45, 7) is 5.35. The number of carbonyl (C=O) groups is 1. The molecule has 0 fully saturated rings. The van der Waals surface area contributed by atoms with E-state index in [0.717, 1.165) is 23.4 Å². The first kappa shape index (κ1) is 15.1. The zero-order valence-corrected chi connectivity index (χ0v) is 13.1. The normalized spacial score (nSPS) is 10.5. The van der Waals surface area contributed by atoms with Gasteiger partial charge in [-0.1, -0.05) is 11.6 Å². The van der Waals surface area contributed by atoms with Gasteiger partial charge in [-0.3, -0.25) is 9.48 Å². The molecule has 0 aliphatic carbocycles. The van der Waals surface area contributed by atoms with E-state index >= 15 is 0 Å². The molecular formula is C16H22N4O. The fourth-order valence-electron chi connectivity index (χ4n) is 2.28. The third-order valence-electron chi connectivity index (χ3n) is 3.30. The lowest BCUT2D eigenvalue weighted by atomic mass is 10.1. The maximum absolute atomic E-state index is 12.7. The maximum Gasteiger partial charge on any atom is 0.256 e. The molecule has 0 radical (unpaired) electrons. The largest absolute Gasteiger partial charge is 0.385 e. The molecule has 0 saturated heterocycles. The minimum atomic E-state index is 0.0125. The molecule has 0 bridgehead atoms. The van der Waals surface area contributed by atoms with Crippen LogP contribution in [0.4, 0.5) is 5.69 Å². The standard InChI is InChI=1S/C16H22N4O/c1-5-17-15-7-6-12(2)8-14(15)16(21)19(3)10-13-9-18-20(4)11-13/h6-9,11,17H,5,10H2,1-4H3. The molecule has 5 heteroatoms. The number of rotatable bonds is 5. The summed E-state index contributed by atoms with van der Waals surface area (Å²) >= 11 is 0. The van der Waals surface area contributed by atoms with Gasteiger partial charge in [0.15, 0.2) is 0 Å². The highest BCUT2D eigenvalue weighted by Gasteiger charge is 2.16. The van der Waals surface area contributed by atoms with Crippen molar-refractivity contribution in [2.45, 2.75) is 20.4 Å². The van der Waals surface area contributed by atoms with Crippen LogP contribution < -0.4 is 5.32 Å². The maximum atomic E-state index is 12.7. The first-order chi connectivity index (χ1) is 10.0. The Kier molecular flexibility index (Phi) is 4.62. The first-order valence-electron chi connectivity index (χ1n) is 7.08. The second-order valence-electron chi connectivity index (χ2n) is 5.26. The smallest absolute Gasteiger partial charge is 0.256 e. The van der Waals surface area contributed by atoms with Crippen LogP contribution >= 0.6 is 0 Å². The van der Waals surface area contributed by atoms with E-state index in [1.807, 2.05) is 52.3 Å². The number of benzene rings is 1. The molecule has 2 aromatic rings. The second-order valence-corrected chi connectivity index (χ2v) is 5.26. The van der Waals surface area contributed by atoms with Gasteiger partial charge < -0.3 is 10.2 Å². The summed E-state index contributed by atoms with van der Waals surface area (Å²) < 4.78 is 1.74. The number of aromatic nitrogens is 2. The molecule has 0 saturated carbocycles. The van der Waals surface area contributed by atoms with Crippen molar-refractivity contribution in [3.63, 3.8) is 0 Å². The van der Waals surface area contributed by atoms with E-state index in [9.17, 15) is 4.79 Å². The van der Waals surface area contributed by atoms with Crippen molar-refractivity contribution in [3.05, 3.63) is 47.3 Å². The zero-order valence-electron chi connectivity index (χ0n) is 13.1. The predicted octanol–water partition coefficient (Wildman–Crippen LogP) is 2.43. The summed E-state index contributed by atoms with van der Waals surface area (Å²) in [7, 11) is 3.68. The number of hydrogen-bond donors (Lipinski definition) is 1. The number of amides is 1. The molecule has 1 aromatic carbocycles. The van der Waals surface area contributed by atoms with Crippen LogP contribution in [0.15, 0.2) is 30.6 Å². The van der Waals surface area contributed by atoms with Crippen molar-refractivity contribution >= 4 is 11.6 Å². The van der Waals surface area contributed by atoms with Gasteiger partial charge in [0.05, 0.1) is 11.8 Å². The lowest BCUT2D eigenvalue weighted by Gasteiger charge is -2.19. The van der Waals surface area contributed by atoms with Crippen LogP contribution in [0.25, 0.3) is 0 Å². The van der Waals surface area contributed by atoms with Gasteiger partial charge in [0.2, 0.25) is 0 Å². The van der Waals surface area contributed by atoms with Gasteiger partial charge in [0.25, 0.3) is 5.91 Å². The number of carbonyl (C=O) groups excluding carboxylic acids is 1. The van der Waals surface area contributed by atoms with Crippen LogP contribution in [0.3, 0.4) is 0 Å². The molecule has 0 aliphatic rings. The van der Waals surface area contributed by atoms with E-state index in [-0.39, 0.29) is 5.91 Å². The van der Waals surface area contributed by atoms with Crippen LogP contribution in [0.5, 0.6) is 0 Å². The number of nitrogens with one attached hydrogen (secondary N) is 1. The summed E-state index contributed by atoms with van der Waals surface area (Å²) in [5.41, 5.74) is 3.69. The minimum absolute atomic E-state index is 0.0125. The molecule has 1 aromatic heterocycles. The van der Waals surface area contributed by atoms with Crippen molar-refractivity contribution in [3.8, 4) is 0 Å². The molecule has 5 nitrogen and oxygen atoms in total. The lowest BCUT2D eigenvalue weighted by Crippen LogP contribution is -2.27. The number of anilines is 1. The Balaban J connectivity index is 2.20. The summed E-state index contributed by atoms with van der Waals surface area (Å²) in [6.07, 6.45) is 3.70. The van der Waals surface area contributed by atoms with Crippen LogP contribution in [-0.2, 0) is 13.6 Å². The Hall–Kier alpha value is -2.30. The van der Waals surface area contributed by atoms with E-state index in [1.54, 1.807) is 15.8 Å². The molecule has 2 rings (SSSR count). The van der Waals surface area contributed by atoms with Gasteiger partial charge in [-0.2, -0.15) is 5.10 Å². The third kappa shape index (κ3) is 3.62. The molecule has 1 heterocycles. The van der Waals surface area contributed by atoms with Gasteiger partial charge in [-0.15, -0.1) is 0 Å². The molecular weight excluding hydrogens is 264 g/mol. The highest BCUT2D eigenvalue weighted by Crippen LogP contribution is 2.19. The van der Waals surface area contributed by atoms with Gasteiger partial charge in [0.1, 0.15) is 0 Å². The molecule has 0 unspecified atom stereocenters. The summed E-state index contributed by atoms with van der Waals surface area (Å²) in [4.78, 5) is 14.4. The molecule has 0 aliphatic heterocycles. The van der Waals surface area contributed by atoms with Crippen molar-refractivity contribution in [2.24, 2.45) is 7.05 Å². The number of nitrogens with zero attached hydrogens (tertiary/aromatic N) is 3. The molecule has 0 atom stereocenters.